The third-order valence-corrected chi connectivity index (χ3v) is 1.27. The molecule has 0 atom stereocenters. The summed E-state index contributed by atoms with van der Waals surface area (Å²) in [5.74, 6) is 0. The van der Waals surface area contributed by atoms with Gasteiger partial charge in [-0.3, -0.25) is 0 Å². The van der Waals surface area contributed by atoms with Crippen molar-refractivity contribution in [3.8, 4) is 0 Å². The number of rotatable bonds is 3. The molecule has 0 N–H and O–H groups in total. The second kappa shape index (κ2) is 9.24. The topological polar surface area (TPSA) is 28.2 Å². The van der Waals surface area contributed by atoms with Crippen LogP contribution in [-0.4, -0.2) is 24.2 Å². The van der Waals surface area contributed by atoms with Crippen LogP contribution in [0.1, 0.15) is 41.5 Å². The summed E-state index contributed by atoms with van der Waals surface area (Å²) < 4.78 is 0. The van der Waals surface area contributed by atoms with E-state index in [-0.39, 0.29) is 11.1 Å². The molecule has 0 aliphatic carbocycles. The van der Waals surface area contributed by atoms with Crippen molar-refractivity contribution < 1.29 is 16.5 Å². The molecule has 15 heavy (non-hydrogen) atoms. The van der Waals surface area contributed by atoms with Gasteiger partial charge in [-0.15, -0.1) is 11.1 Å². The van der Waals surface area contributed by atoms with E-state index in [0.29, 0.717) is 0 Å². The molecule has 0 aliphatic rings. The number of halogens is 2. The average Bonchev–Trinajstić information content (AvgIpc) is 1.96. The van der Waals surface area contributed by atoms with Crippen molar-refractivity contribution in [1.82, 2.24) is 0 Å². The average molecular weight is 436 g/mol. The first kappa shape index (κ1) is 18.6. The van der Waals surface area contributed by atoms with E-state index in [4.69, 9.17) is 18.8 Å². The fraction of sp³-hybridized carbons (Fsp3) is 1.00. The van der Waals surface area contributed by atoms with Crippen LogP contribution in [0.4, 0.5) is 0 Å². The second-order valence-corrected chi connectivity index (χ2v) is 8.43. The Balaban J connectivity index is 0. The number of hydrogen-bond acceptors (Lipinski definition) is 0. The van der Waals surface area contributed by atoms with Crippen molar-refractivity contribution >= 4 is 18.8 Å². The van der Waals surface area contributed by atoms with Crippen molar-refractivity contribution in [3.63, 3.8) is 0 Å². The zero-order valence-electron chi connectivity index (χ0n) is 10.4. The van der Waals surface area contributed by atoms with Gasteiger partial charge in [0.05, 0.1) is 0 Å². The van der Waals surface area contributed by atoms with Crippen molar-refractivity contribution in [3.05, 3.63) is 10.6 Å². The van der Waals surface area contributed by atoms with Gasteiger partial charge in [-0.1, -0.05) is 41.5 Å². The quantitative estimate of drug-likeness (QED) is 0.574. The molecule has 0 spiro atoms. The molecule has 0 aromatic heterocycles. The summed E-state index contributed by atoms with van der Waals surface area (Å²) in [5, 5.41) is 8.93. The van der Waals surface area contributed by atoms with Crippen LogP contribution in [0.15, 0.2) is 0 Å². The van der Waals surface area contributed by atoms with E-state index < -0.39 is 16.5 Å². The molecule has 0 saturated heterocycles. The molecule has 0 aromatic carbocycles. The van der Waals surface area contributed by atoms with Gasteiger partial charge >= 0.3 is 35.3 Å². The molecule has 0 unspecified atom stereocenters. The molecule has 96 valence electrons. The normalized spacial score (nSPS) is 12.3. The second-order valence-electron chi connectivity index (χ2n) is 5.15. The van der Waals surface area contributed by atoms with Gasteiger partial charge in [0.2, 0.25) is 0 Å². The van der Waals surface area contributed by atoms with Crippen LogP contribution < -0.4 is 0 Å². The Hall–Kier alpha value is 1.19. The molecule has 0 radical (unpaired) electrons. The maximum atomic E-state index is 4.88. The predicted molar refractivity (Wildman–Crippen MR) is 67.7 cm³/mol. The zero-order valence-corrected chi connectivity index (χ0v) is 14.2. The van der Waals surface area contributed by atoms with Gasteiger partial charge in [-0.05, 0) is 0 Å². The monoisotopic (exact) mass is 435 g/mol. The third-order valence-electron chi connectivity index (χ3n) is 1.27. The summed E-state index contributed by atoms with van der Waals surface area (Å²) in [7, 11) is 9.75. The predicted octanol–water partition coefficient (Wildman–Crippen LogP) is 4.71. The Morgan fingerprint density at radius 1 is 0.800 bits per heavy atom. The molecule has 0 aromatic rings. The zero-order chi connectivity index (χ0) is 12.5. The Morgan fingerprint density at radius 3 is 1.13 bits per heavy atom. The van der Waals surface area contributed by atoms with Crippen LogP contribution in [0.3, 0.4) is 0 Å². The third kappa shape index (κ3) is 25.4. The summed E-state index contributed by atoms with van der Waals surface area (Å²) in [6, 6.07) is 0. The molecular weight excluding hydrogens is 414 g/mol. The van der Waals surface area contributed by atoms with Crippen LogP contribution >= 0.6 is 18.8 Å². The molecule has 5 heteroatoms. The minimum absolute atomic E-state index is 0.0907. The maximum absolute atomic E-state index is 4.88. The summed E-state index contributed by atoms with van der Waals surface area (Å²) in [4.78, 5) is 0. The molecule has 0 amide bonds. The van der Waals surface area contributed by atoms with Crippen molar-refractivity contribution in [2.24, 2.45) is 0 Å². The van der Waals surface area contributed by atoms with E-state index in [2.05, 4.69) is 52.2 Å². The minimum atomic E-state index is -0.472. The molecule has 0 saturated carbocycles. The van der Waals surface area contributed by atoms with E-state index in [1.54, 1.807) is 0 Å². The van der Waals surface area contributed by atoms with Gasteiger partial charge in [0.15, 0.2) is 0 Å². The van der Waals surface area contributed by atoms with Gasteiger partial charge in [0.1, 0.15) is 0 Å². The molecule has 0 aliphatic heterocycles. The summed E-state index contributed by atoms with van der Waals surface area (Å²) in [6.07, 6.45) is 0. The van der Waals surface area contributed by atoms with Crippen LogP contribution in [0.2, 0.25) is 0 Å². The number of nitrogens with zero attached hydrogens (tertiary/aromatic N) is 2. The van der Waals surface area contributed by atoms with E-state index in [1.807, 2.05) is 0 Å². The first-order chi connectivity index (χ1) is 6.62. The summed E-state index contributed by atoms with van der Waals surface area (Å²) >= 11 is -0.472. The molecule has 0 heterocycles. The molecule has 0 rings (SSSR count). The Kier molecular flexibility index (Phi) is 11.4. The molecular formula is C10H22Cl2N2Pt. The van der Waals surface area contributed by atoms with Crippen molar-refractivity contribution in [2.75, 3.05) is 13.1 Å². The summed E-state index contributed by atoms with van der Waals surface area (Å²) in [5.41, 5.74) is 0.181. The number of hydrogen-bond donors (Lipinski definition) is 0. The van der Waals surface area contributed by atoms with Crippen LogP contribution in [0, 0.1) is 0 Å². The van der Waals surface area contributed by atoms with Crippen LogP contribution in [0.5, 0.6) is 0 Å². The van der Waals surface area contributed by atoms with Gasteiger partial charge in [0.25, 0.3) is 0 Å². The Morgan fingerprint density at radius 2 is 1.00 bits per heavy atom. The van der Waals surface area contributed by atoms with Gasteiger partial charge in [-0.25, -0.2) is 0 Å². The standard InChI is InChI=1S/C10H22N2.2ClH.Pt/c1-9(2,3)11-7-8-12-10(4,5)6;;;/h7-8H2,1-6H3;2*1H;/q-2;;;+4/p-2. The fourth-order valence-electron chi connectivity index (χ4n) is 0.771. The first-order valence-corrected chi connectivity index (χ1v) is 10.4. The van der Waals surface area contributed by atoms with E-state index >= 15 is 0 Å². The SMILES string of the molecule is CC(C)(C)[N-]CC[N-]C(C)(C)C.[Cl][Pt+2][Cl]. The first-order valence-electron chi connectivity index (χ1n) is 4.82. The van der Waals surface area contributed by atoms with E-state index in [1.165, 1.54) is 0 Å². The Bertz CT molecular complexity index is 125. The van der Waals surface area contributed by atoms with E-state index in [9.17, 15) is 0 Å². The van der Waals surface area contributed by atoms with Crippen LogP contribution in [0.25, 0.3) is 10.6 Å². The van der Waals surface area contributed by atoms with Crippen LogP contribution in [-0.2, 0) is 16.5 Å². The summed E-state index contributed by atoms with van der Waals surface area (Å²) in [6.45, 7) is 14.4. The van der Waals surface area contributed by atoms with Crippen molar-refractivity contribution in [1.29, 1.82) is 0 Å². The van der Waals surface area contributed by atoms with Gasteiger partial charge < -0.3 is 10.6 Å². The fourth-order valence-corrected chi connectivity index (χ4v) is 0.771. The molecule has 0 fully saturated rings. The Labute approximate surface area is 111 Å². The molecule has 0 bridgehead atoms. The van der Waals surface area contributed by atoms with Gasteiger partial charge in [0, 0.05) is 0 Å². The molecule has 2 nitrogen and oxygen atoms in total. The van der Waals surface area contributed by atoms with Crippen molar-refractivity contribution in [2.45, 2.75) is 52.6 Å². The van der Waals surface area contributed by atoms with E-state index in [0.717, 1.165) is 13.1 Å². The van der Waals surface area contributed by atoms with Gasteiger partial charge in [-0.2, -0.15) is 13.1 Å².